The van der Waals surface area contributed by atoms with Gasteiger partial charge in [-0.15, -0.1) is 0 Å². The van der Waals surface area contributed by atoms with Crippen LogP contribution in [-0.4, -0.2) is 30.1 Å². The Balaban J connectivity index is 2.00. The lowest BCUT2D eigenvalue weighted by Gasteiger charge is -2.23. The number of anilines is 1. The van der Waals surface area contributed by atoms with Crippen molar-refractivity contribution in [2.75, 3.05) is 11.9 Å². The third-order valence-corrected chi connectivity index (χ3v) is 3.54. The topological polar surface area (TPSA) is 96.5 Å². The van der Waals surface area contributed by atoms with E-state index in [2.05, 4.69) is 16.0 Å². The van der Waals surface area contributed by atoms with Crippen LogP contribution in [0.2, 0.25) is 0 Å². The number of para-hydroxylation sites is 1. The van der Waals surface area contributed by atoms with Crippen LogP contribution in [-0.2, 0) is 14.3 Å². The molecule has 0 aromatic heterocycles. The highest BCUT2D eigenvalue weighted by atomic mass is 16.6. The molecule has 3 N–H and O–H groups in total. The van der Waals surface area contributed by atoms with Crippen molar-refractivity contribution >= 4 is 23.6 Å². The first-order chi connectivity index (χ1) is 13.2. The molecule has 0 fully saturated rings. The molecule has 7 heteroatoms. The number of benzene rings is 2. The standard InChI is InChI=1S/C21H25N3O4/c1-21(2,3)28-20(27)24-18(15-10-6-4-7-11-15)19(26)22-14-17(25)23-16-12-8-5-9-13-16/h4-13,18H,14H2,1-3H3,(H,22,26)(H,23,25)(H,24,27). The molecule has 7 nitrogen and oxygen atoms in total. The van der Waals surface area contributed by atoms with Crippen molar-refractivity contribution in [1.82, 2.24) is 10.6 Å². The van der Waals surface area contributed by atoms with Crippen molar-refractivity contribution in [3.05, 3.63) is 66.2 Å². The molecule has 0 spiro atoms. The number of rotatable bonds is 6. The molecule has 2 rings (SSSR count). The Morgan fingerprint density at radius 1 is 0.929 bits per heavy atom. The van der Waals surface area contributed by atoms with Crippen molar-refractivity contribution < 1.29 is 19.1 Å². The molecule has 1 unspecified atom stereocenters. The molecule has 28 heavy (non-hydrogen) atoms. The monoisotopic (exact) mass is 383 g/mol. The molecule has 0 heterocycles. The van der Waals surface area contributed by atoms with E-state index >= 15 is 0 Å². The molecule has 0 aliphatic carbocycles. The number of hydrogen-bond donors (Lipinski definition) is 3. The summed E-state index contributed by atoms with van der Waals surface area (Å²) >= 11 is 0. The lowest BCUT2D eigenvalue weighted by Crippen LogP contribution is -2.44. The maximum Gasteiger partial charge on any atom is 0.408 e. The Morgan fingerprint density at radius 2 is 1.50 bits per heavy atom. The first-order valence-corrected chi connectivity index (χ1v) is 8.92. The van der Waals surface area contributed by atoms with Crippen LogP contribution in [0.5, 0.6) is 0 Å². The van der Waals surface area contributed by atoms with Gasteiger partial charge in [-0.2, -0.15) is 0 Å². The Kier molecular flexibility index (Phi) is 7.14. The SMILES string of the molecule is CC(C)(C)OC(=O)NC(C(=O)NCC(=O)Nc1ccccc1)c1ccccc1. The van der Waals surface area contributed by atoms with Gasteiger partial charge in [-0.3, -0.25) is 9.59 Å². The number of carbonyl (C=O) groups is 3. The van der Waals surface area contributed by atoms with E-state index in [1.807, 2.05) is 6.07 Å². The molecule has 0 saturated heterocycles. The van der Waals surface area contributed by atoms with Gasteiger partial charge in [0.25, 0.3) is 0 Å². The normalized spacial score (nSPS) is 11.8. The fourth-order valence-corrected chi connectivity index (χ4v) is 2.37. The first kappa shape index (κ1) is 21.0. The van der Waals surface area contributed by atoms with Crippen LogP contribution in [0.25, 0.3) is 0 Å². The maximum absolute atomic E-state index is 12.6. The van der Waals surface area contributed by atoms with E-state index in [4.69, 9.17) is 4.74 Å². The Bertz CT molecular complexity index is 801. The molecule has 2 aromatic carbocycles. The number of ether oxygens (including phenoxy) is 1. The highest BCUT2D eigenvalue weighted by Crippen LogP contribution is 2.15. The zero-order chi connectivity index (χ0) is 20.6. The molecule has 148 valence electrons. The van der Waals surface area contributed by atoms with Crippen LogP contribution in [0, 0.1) is 0 Å². The predicted molar refractivity (Wildman–Crippen MR) is 107 cm³/mol. The van der Waals surface area contributed by atoms with Gasteiger partial charge in [0.2, 0.25) is 11.8 Å². The van der Waals surface area contributed by atoms with Gasteiger partial charge in [-0.25, -0.2) is 4.79 Å². The van der Waals surface area contributed by atoms with E-state index in [1.54, 1.807) is 75.4 Å². The smallest absolute Gasteiger partial charge is 0.408 e. The summed E-state index contributed by atoms with van der Waals surface area (Å²) in [5.74, 6) is -0.885. The van der Waals surface area contributed by atoms with E-state index in [1.165, 1.54) is 0 Å². The van der Waals surface area contributed by atoms with Gasteiger partial charge in [-0.05, 0) is 38.5 Å². The van der Waals surface area contributed by atoms with Crippen molar-refractivity contribution in [1.29, 1.82) is 0 Å². The Morgan fingerprint density at radius 3 is 2.07 bits per heavy atom. The van der Waals surface area contributed by atoms with E-state index < -0.39 is 23.6 Å². The minimum absolute atomic E-state index is 0.229. The quantitative estimate of drug-likeness (QED) is 0.714. The molecule has 0 aliphatic heterocycles. The van der Waals surface area contributed by atoms with Crippen LogP contribution < -0.4 is 16.0 Å². The van der Waals surface area contributed by atoms with Crippen LogP contribution in [0.1, 0.15) is 32.4 Å². The van der Waals surface area contributed by atoms with Crippen LogP contribution in [0.15, 0.2) is 60.7 Å². The van der Waals surface area contributed by atoms with Gasteiger partial charge in [0.05, 0.1) is 6.54 Å². The Hall–Kier alpha value is -3.35. The highest BCUT2D eigenvalue weighted by Gasteiger charge is 2.26. The molecule has 3 amide bonds. The summed E-state index contributed by atoms with van der Waals surface area (Å²) in [5, 5.41) is 7.79. The van der Waals surface area contributed by atoms with Gasteiger partial charge >= 0.3 is 6.09 Å². The molecule has 1 atom stereocenters. The summed E-state index contributed by atoms with van der Waals surface area (Å²) < 4.78 is 5.24. The van der Waals surface area contributed by atoms with E-state index in [0.29, 0.717) is 11.3 Å². The lowest BCUT2D eigenvalue weighted by atomic mass is 10.1. The fourth-order valence-electron chi connectivity index (χ4n) is 2.37. The fraction of sp³-hybridized carbons (Fsp3) is 0.286. The largest absolute Gasteiger partial charge is 0.444 e. The third-order valence-electron chi connectivity index (χ3n) is 3.54. The average Bonchev–Trinajstić information content (AvgIpc) is 2.64. The van der Waals surface area contributed by atoms with Crippen LogP contribution >= 0.6 is 0 Å². The van der Waals surface area contributed by atoms with Crippen LogP contribution in [0.3, 0.4) is 0 Å². The zero-order valence-electron chi connectivity index (χ0n) is 16.2. The lowest BCUT2D eigenvalue weighted by molar-refractivity contribution is -0.125. The van der Waals surface area contributed by atoms with Crippen molar-refractivity contribution in [2.24, 2.45) is 0 Å². The molecule has 0 saturated carbocycles. The number of amides is 3. The van der Waals surface area contributed by atoms with Gasteiger partial charge in [0.15, 0.2) is 0 Å². The molecule has 0 aliphatic rings. The second kappa shape index (κ2) is 9.55. The summed E-state index contributed by atoms with van der Waals surface area (Å²) in [7, 11) is 0. The third kappa shape index (κ3) is 7.11. The summed E-state index contributed by atoms with van der Waals surface area (Å²) in [5.41, 5.74) is 0.514. The van der Waals surface area contributed by atoms with Crippen molar-refractivity contribution in [2.45, 2.75) is 32.4 Å². The molecule has 0 radical (unpaired) electrons. The van der Waals surface area contributed by atoms with Crippen LogP contribution in [0.4, 0.5) is 10.5 Å². The number of alkyl carbamates (subject to hydrolysis) is 1. The van der Waals surface area contributed by atoms with Gasteiger partial charge in [0.1, 0.15) is 11.6 Å². The summed E-state index contributed by atoms with van der Waals surface area (Å²) in [4.78, 5) is 36.8. The highest BCUT2D eigenvalue weighted by molar-refractivity contribution is 5.96. The zero-order valence-corrected chi connectivity index (χ0v) is 16.2. The predicted octanol–water partition coefficient (Wildman–Crippen LogP) is 3.01. The maximum atomic E-state index is 12.6. The van der Waals surface area contributed by atoms with E-state index in [9.17, 15) is 14.4 Å². The number of carbonyl (C=O) groups excluding carboxylic acids is 3. The van der Waals surface area contributed by atoms with Gasteiger partial charge in [-0.1, -0.05) is 48.5 Å². The summed E-state index contributed by atoms with van der Waals surface area (Å²) in [6, 6.07) is 16.7. The average molecular weight is 383 g/mol. The van der Waals surface area contributed by atoms with Gasteiger partial charge in [0, 0.05) is 5.69 Å². The minimum atomic E-state index is -0.986. The summed E-state index contributed by atoms with van der Waals surface area (Å²) in [6.45, 7) is 4.97. The second-order valence-electron chi connectivity index (χ2n) is 7.12. The second-order valence-corrected chi connectivity index (χ2v) is 7.12. The molecular formula is C21H25N3O4. The Labute approximate surface area is 164 Å². The number of nitrogens with one attached hydrogen (secondary N) is 3. The minimum Gasteiger partial charge on any atom is -0.444 e. The van der Waals surface area contributed by atoms with E-state index in [-0.39, 0.29) is 12.5 Å². The van der Waals surface area contributed by atoms with Crippen molar-refractivity contribution in [3.8, 4) is 0 Å². The summed E-state index contributed by atoms with van der Waals surface area (Å²) in [6.07, 6.45) is -0.717. The first-order valence-electron chi connectivity index (χ1n) is 8.92. The molecular weight excluding hydrogens is 358 g/mol. The van der Waals surface area contributed by atoms with Crippen molar-refractivity contribution in [3.63, 3.8) is 0 Å². The van der Waals surface area contributed by atoms with Gasteiger partial charge < -0.3 is 20.7 Å². The number of hydrogen-bond acceptors (Lipinski definition) is 4. The molecule has 0 bridgehead atoms. The van der Waals surface area contributed by atoms with E-state index in [0.717, 1.165) is 0 Å². The molecule has 2 aromatic rings.